The number of anilines is 1. The number of aromatic nitrogens is 1. The van der Waals surface area contributed by atoms with Crippen molar-refractivity contribution >= 4 is 52.5 Å². The van der Waals surface area contributed by atoms with Crippen LogP contribution in [0.4, 0.5) is 5.82 Å². The van der Waals surface area contributed by atoms with Gasteiger partial charge in [0.15, 0.2) is 6.10 Å². The summed E-state index contributed by atoms with van der Waals surface area (Å²) in [6.45, 7) is 1.45. The van der Waals surface area contributed by atoms with Crippen LogP contribution in [0.2, 0.25) is 15.1 Å². The summed E-state index contributed by atoms with van der Waals surface area (Å²) in [6, 6.07) is 7.42. The zero-order valence-corrected chi connectivity index (χ0v) is 14.1. The van der Waals surface area contributed by atoms with E-state index < -0.39 is 18.0 Å². The number of ether oxygens (including phenoxy) is 1. The van der Waals surface area contributed by atoms with Gasteiger partial charge in [0.25, 0.3) is 5.91 Å². The Morgan fingerprint density at radius 1 is 1.13 bits per heavy atom. The van der Waals surface area contributed by atoms with Crippen molar-refractivity contribution in [1.29, 1.82) is 0 Å². The molecule has 0 unspecified atom stereocenters. The number of hydrogen-bond donors (Lipinski definition) is 1. The Kier molecular flexibility index (Phi) is 5.82. The molecule has 5 nitrogen and oxygen atoms in total. The van der Waals surface area contributed by atoms with Gasteiger partial charge in [-0.15, -0.1) is 0 Å². The van der Waals surface area contributed by atoms with E-state index in [2.05, 4.69) is 10.3 Å². The van der Waals surface area contributed by atoms with E-state index in [-0.39, 0.29) is 10.6 Å². The number of rotatable bonds is 4. The molecule has 0 bridgehead atoms. The molecule has 1 aromatic carbocycles. The molecule has 1 atom stereocenters. The van der Waals surface area contributed by atoms with Crippen LogP contribution in [0.15, 0.2) is 36.5 Å². The average molecular weight is 374 g/mol. The van der Waals surface area contributed by atoms with Gasteiger partial charge < -0.3 is 10.1 Å². The zero-order valence-electron chi connectivity index (χ0n) is 11.8. The number of nitrogens with one attached hydrogen (secondary N) is 1. The number of carbonyl (C=O) groups is 2. The smallest absolute Gasteiger partial charge is 0.338 e. The molecule has 0 radical (unpaired) electrons. The molecule has 23 heavy (non-hydrogen) atoms. The van der Waals surface area contributed by atoms with E-state index in [1.807, 2.05) is 0 Å². The van der Waals surface area contributed by atoms with E-state index in [4.69, 9.17) is 39.5 Å². The van der Waals surface area contributed by atoms with Gasteiger partial charge in [0, 0.05) is 6.20 Å². The summed E-state index contributed by atoms with van der Waals surface area (Å²) in [5.74, 6) is -0.902. The van der Waals surface area contributed by atoms with Crippen molar-refractivity contribution in [3.63, 3.8) is 0 Å². The summed E-state index contributed by atoms with van der Waals surface area (Å²) in [5, 5.41) is 3.51. The summed E-state index contributed by atoms with van der Waals surface area (Å²) in [6.07, 6.45) is 0.373. The molecule has 0 saturated heterocycles. The van der Waals surface area contributed by atoms with Crippen LogP contribution >= 0.6 is 34.8 Å². The van der Waals surface area contributed by atoms with E-state index >= 15 is 0 Å². The van der Waals surface area contributed by atoms with Crippen molar-refractivity contribution in [1.82, 2.24) is 4.98 Å². The zero-order chi connectivity index (χ0) is 17.0. The van der Waals surface area contributed by atoms with Gasteiger partial charge in [-0.05, 0) is 37.3 Å². The molecule has 1 aromatic heterocycles. The van der Waals surface area contributed by atoms with E-state index in [1.54, 1.807) is 6.07 Å². The van der Waals surface area contributed by atoms with Gasteiger partial charge >= 0.3 is 5.97 Å². The second-order valence-corrected chi connectivity index (χ2v) is 5.78. The molecule has 2 rings (SSSR count). The number of esters is 1. The minimum Gasteiger partial charge on any atom is -0.449 e. The Balaban J connectivity index is 1.98. The highest BCUT2D eigenvalue weighted by atomic mass is 35.5. The maximum atomic E-state index is 12.0. The fourth-order valence-electron chi connectivity index (χ4n) is 1.58. The predicted molar refractivity (Wildman–Crippen MR) is 89.2 cm³/mol. The second kappa shape index (κ2) is 7.64. The molecule has 1 N–H and O–H groups in total. The lowest BCUT2D eigenvalue weighted by Gasteiger charge is -2.13. The maximum absolute atomic E-state index is 12.0. The SMILES string of the molecule is C[C@H](OC(=O)c1ccc(Cl)c(Cl)c1)C(=O)Nc1ccc(Cl)cn1. The van der Waals surface area contributed by atoms with Gasteiger partial charge in [-0.2, -0.15) is 0 Å². The van der Waals surface area contributed by atoms with Crippen LogP contribution in [-0.2, 0) is 9.53 Å². The highest BCUT2D eigenvalue weighted by molar-refractivity contribution is 6.42. The first-order valence-corrected chi connectivity index (χ1v) is 7.58. The summed E-state index contributed by atoms with van der Waals surface area (Å²) in [7, 11) is 0. The molecule has 0 spiro atoms. The number of pyridine rings is 1. The first-order valence-electron chi connectivity index (χ1n) is 6.45. The predicted octanol–water partition coefficient (Wildman–Crippen LogP) is 4.23. The van der Waals surface area contributed by atoms with Crippen molar-refractivity contribution in [3.05, 3.63) is 57.2 Å². The number of amides is 1. The molecule has 0 aliphatic carbocycles. The minimum atomic E-state index is -1.02. The monoisotopic (exact) mass is 372 g/mol. The topological polar surface area (TPSA) is 68.3 Å². The third kappa shape index (κ3) is 4.82. The third-order valence-electron chi connectivity index (χ3n) is 2.79. The minimum absolute atomic E-state index is 0.198. The van der Waals surface area contributed by atoms with E-state index in [0.29, 0.717) is 15.9 Å². The Hall–Kier alpha value is -1.82. The number of halogens is 3. The third-order valence-corrected chi connectivity index (χ3v) is 3.75. The Bertz CT molecular complexity index is 735. The Morgan fingerprint density at radius 3 is 2.48 bits per heavy atom. The fourth-order valence-corrected chi connectivity index (χ4v) is 1.99. The van der Waals surface area contributed by atoms with Crippen molar-refractivity contribution in [2.75, 3.05) is 5.32 Å². The van der Waals surface area contributed by atoms with Crippen molar-refractivity contribution in [3.8, 4) is 0 Å². The van der Waals surface area contributed by atoms with Gasteiger partial charge in [-0.25, -0.2) is 9.78 Å². The first kappa shape index (κ1) is 17.5. The fraction of sp³-hybridized carbons (Fsp3) is 0.133. The number of benzene rings is 1. The standard InChI is InChI=1S/C15H11Cl3N2O3/c1-8(14(21)20-13-5-3-10(16)7-19-13)23-15(22)9-2-4-11(17)12(18)6-9/h2-8H,1H3,(H,19,20,21)/t8-/m0/s1. The lowest BCUT2D eigenvalue weighted by Crippen LogP contribution is -2.30. The van der Waals surface area contributed by atoms with Crippen LogP contribution in [0, 0.1) is 0 Å². The van der Waals surface area contributed by atoms with Crippen LogP contribution in [0.25, 0.3) is 0 Å². The van der Waals surface area contributed by atoms with E-state index in [0.717, 1.165) is 0 Å². The summed E-state index contributed by atoms with van der Waals surface area (Å²) in [5.41, 5.74) is 0.198. The molecule has 0 saturated carbocycles. The molecule has 0 fully saturated rings. The largest absolute Gasteiger partial charge is 0.449 e. The molecule has 8 heteroatoms. The van der Waals surface area contributed by atoms with Crippen LogP contribution < -0.4 is 5.32 Å². The number of nitrogens with zero attached hydrogens (tertiary/aromatic N) is 1. The normalized spacial score (nSPS) is 11.7. The highest BCUT2D eigenvalue weighted by Crippen LogP contribution is 2.23. The lowest BCUT2D eigenvalue weighted by molar-refractivity contribution is -0.123. The van der Waals surface area contributed by atoms with Crippen molar-refractivity contribution in [2.24, 2.45) is 0 Å². The summed E-state index contributed by atoms with van der Waals surface area (Å²) < 4.78 is 5.08. The number of hydrogen-bond acceptors (Lipinski definition) is 4. The van der Waals surface area contributed by atoms with E-state index in [9.17, 15) is 9.59 Å². The molecule has 1 heterocycles. The first-order chi connectivity index (χ1) is 10.9. The van der Waals surface area contributed by atoms with E-state index in [1.165, 1.54) is 37.4 Å². The molecular formula is C15H11Cl3N2O3. The van der Waals surface area contributed by atoms with Crippen LogP contribution in [0.5, 0.6) is 0 Å². The summed E-state index contributed by atoms with van der Waals surface area (Å²) >= 11 is 17.3. The van der Waals surface area contributed by atoms with Crippen LogP contribution in [-0.4, -0.2) is 23.0 Å². The molecule has 0 aliphatic heterocycles. The van der Waals surface area contributed by atoms with Gasteiger partial charge in [-0.3, -0.25) is 4.79 Å². The van der Waals surface area contributed by atoms with Gasteiger partial charge in [0.2, 0.25) is 0 Å². The van der Waals surface area contributed by atoms with Gasteiger partial charge in [0.1, 0.15) is 5.82 Å². The Morgan fingerprint density at radius 2 is 1.87 bits per heavy atom. The van der Waals surface area contributed by atoms with Crippen LogP contribution in [0.1, 0.15) is 17.3 Å². The van der Waals surface area contributed by atoms with Gasteiger partial charge in [0.05, 0.1) is 20.6 Å². The molecule has 1 amide bonds. The van der Waals surface area contributed by atoms with Crippen molar-refractivity contribution in [2.45, 2.75) is 13.0 Å². The van der Waals surface area contributed by atoms with Crippen LogP contribution in [0.3, 0.4) is 0 Å². The molecule has 120 valence electrons. The summed E-state index contributed by atoms with van der Waals surface area (Å²) in [4.78, 5) is 27.9. The number of carbonyl (C=O) groups excluding carboxylic acids is 2. The highest BCUT2D eigenvalue weighted by Gasteiger charge is 2.20. The lowest BCUT2D eigenvalue weighted by atomic mass is 10.2. The Labute approximate surface area is 147 Å². The van der Waals surface area contributed by atoms with Gasteiger partial charge in [-0.1, -0.05) is 34.8 Å². The molecule has 0 aliphatic rings. The average Bonchev–Trinajstić information content (AvgIpc) is 2.52. The molecule has 2 aromatic rings. The second-order valence-electron chi connectivity index (χ2n) is 4.53. The quantitative estimate of drug-likeness (QED) is 0.815. The maximum Gasteiger partial charge on any atom is 0.338 e. The molecular weight excluding hydrogens is 363 g/mol. The van der Waals surface area contributed by atoms with Crippen molar-refractivity contribution < 1.29 is 14.3 Å².